The van der Waals surface area contributed by atoms with Crippen molar-refractivity contribution >= 4 is 22.0 Å². The molecule has 0 aliphatic carbocycles. The molecule has 1 aromatic rings. The molecular formula is C20H31N3O6S. The molecule has 168 valence electrons. The molecule has 0 aromatic heterocycles. The molecule has 2 rings (SSSR count). The minimum Gasteiger partial charge on any atom is -0.445 e. The molecular weight excluding hydrogens is 410 g/mol. The lowest BCUT2D eigenvalue weighted by Gasteiger charge is -2.26. The molecule has 0 spiro atoms. The lowest BCUT2D eigenvalue weighted by atomic mass is 9.98. The number of sulfonamides is 1. The van der Waals surface area contributed by atoms with E-state index in [1.807, 2.05) is 44.2 Å². The van der Waals surface area contributed by atoms with Gasteiger partial charge >= 0.3 is 6.09 Å². The standard InChI is InChI=1S/C20H31N3O6S/c1-3-16(2)18(22-20(25)29-15-17-7-5-4-6-8-17)19(24)21-9-14-30(26,27)23-10-12-28-13-11-23/h4-8,16,18H,3,9-15H2,1-2H3,(H,21,24)(H,22,25)/t16-,18-/m0/s1. The fourth-order valence-corrected chi connectivity index (χ4v) is 4.28. The summed E-state index contributed by atoms with van der Waals surface area (Å²) in [5, 5.41) is 5.23. The average Bonchev–Trinajstić information content (AvgIpc) is 2.76. The Morgan fingerprint density at radius 1 is 1.20 bits per heavy atom. The van der Waals surface area contributed by atoms with Gasteiger partial charge in [-0.2, -0.15) is 4.31 Å². The average molecular weight is 442 g/mol. The molecule has 0 saturated carbocycles. The van der Waals surface area contributed by atoms with Gasteiger partial charge in [-0.05, 0) is 11.5 Å². The highest BCUT2D eigenvalue weighted by molar-refractivity contribution is 7.89. The Morgan fingerprint density at radius 2 is 1.87 bits per heavy atom. The summed E-state index contributed by atoms with van der Waals surface area (Å²) in [6.45, 7) is 5.19. The van der Waals surface area contributed by atoms with Crippen LogP contribution in [0.1, 0.15) is 25.8 Å². The molecule has 2 N–H and O–H groups in total. The second kappa shape index (κ2) is 11.9. The first-order valence-electron chi connectivity index (χ1n) is 10.1. The SMILES string of the molecule is CC[C@H](C)[C@H](NC(=O)OCc1ccccc1)C(=O)NCCS(=O)(=O)N1CCOCC1. The van der Waals surface area contributed by atoms with Crippen LogP contribution in [-0.2, 0) is 30.9 Å². The number of ether oxygens (including phenoxy) is 2. The maximum atomic E-state index is 12.6. The second-order valence-electron chi connectivity index (χ2n) is 7.19. The first-order chi connectivity index (χ1) is 14.3. The van der Waals surface area contributed by atoms with E-state index in [4.69, 9.17) is 9.47 Å². The van der Waals surface area contributed by atoms with Gasteiger partial charge in [0.15, 0.2) is 0 Å². The van der Waals surface area contributed by atoms with Crippen molar-refractivity contribution in [3.8, 4) is 0 Å². The topological polar surface area (TPSA) is 114 Å². The van der Waals surface area contributed by atoms with Crippen molar-refractivity contribution < 1.29 is 27.5 Å². The summed E-state index contributed by atoms with van der Waals surface area (Å²) >= 11 is 0. The van der Waals surface area contributed by atoms with Crippen LogP contribution in [0, 0.1) is 5.92 Å². The van der Waals surface area contributed by atoms with Gasteiger partial charge in [0.1, 0.15) is 12.6 Å². The second-order valence-corrected chi connectivity index (χ2v) is 9.28. The molecule has 1 saturated heterocycles. The van der Waals surface area contributed by atoms with E-state index in [9.17, 15) is 18.0 Å². The summed E-state index contributed by atoms with van der Waals surface area (Å²) in [7, 11) is -3.47. The third-order valence-electron chi connectivity index (χ3n) is 5.00. The Bertz CT molecular complexity index is 781. The number of carbonyl (C=O) groups is 2. The lowest BCUT2D eigenvalue weighted by Crippen LogP contribution is -2.51. The van der Waals surface area contributed by atoms with Crippen LogP contribution >= 0.6 is 0 Å². The van der Waals surface area contributed by atoms with E-state index >= 15 is 0 Å². The van der Waals surface area contributed by atoms with Gasteiger partial charge in [-0.25, -0.2) is 13.2 Å². The Kier molecular flexibility index (Phi) is 9.54. The number of alkyl carbamates (subject to hydrolysis) is 1. The van der Waals surface area contributed by atoms with E-state index in [0.29, 0.717) is 32.7 Å². The van der Waals surface area contributed by atoms with Crippen LogP contribution in [0.3, 0.4) is 0 Å². The Balaban J connectivity index is 1.84. The van der Waals surface area contributed by atoms with Crippen LogP contribution in [0.2, 0.25) is 0 Å². The van der Waals surface area contributed by atoms with E-state index < -0.39 is 28.1 Å². The maximum Gasteiger partial charge on any atom is 0.408 e. The van der Waals surface area contributed by atoms with Crippen LogP contribution in [0.4, 0.5) is 4.79 Å². The number of hydrogen-bond donors (Lipinski definition) is 2. The summed E-state index contributed by atoms with van der Waals surface area (Å²) in [4.78, 5) is 24.8. The molecule has 1 aliphatic rings. The molecule has 10 heteroatoms. The summed E-state index contributed by atoms with van der Waals surface area (Å²) in [6.07, 6.45) is -0.0383. The van der Waals surface area contributed by atoms with Crippen molar-refractivity contribution in [3.63, 3.8) is 0 Å². The molecule has 2 amide bonds. The Labute approximate surface area is 178 Å². The molecule has 0 radical (unpaired) electrons. The lowest BCUT2D eigenvalue weighted by molar-refractivity contribution is -0.124. The summed E-state index contributed by atoms with van der Waals surface area (Å²) in [5.41, 5.74) is 0.838. The predicted octanol–water partition coefficient (Wildman–Crippen LogP) is 1.11. The van der Waals surface area contributed by atoms with Gasteiger partial charge in [0.25, 0.3) is 0 Å². The van der Waals surface area contributed by atoms with Crippen molar-refractivity contribution in [1.82, 2.24) is 14.9 Å². The van der Waals surface area contributed by atoms with Crippen molar-refractivity contribution in [3.05, 3.63) is 35.9 Å². The van der Waals surface area contributed by atoms with Gasteiger partial charge < -0.3 is 20.1 Å². The fourth-order valence-electron chi connectivity index (χ4n) is 2.96. The number of rotatable bonds is 10. The Hall–Kier alpha value is -2.17. The van der Waals surface area contributed by atoms with Crippen molar-refractivity contribution in [1.29, 1.82) is 0 Å². The molecule has 30 heavy (non-hydrogen) atoms. The van der Waals surface area contributed by atoms with Crippen LogP contribution in [0.25, 0.3) is 0 Å². The summed E-state index contributed by atoms with van der Waals surface area (Å²) in [6, 6.07) is 8.41. The van der Waals surface area contributed by atoms with Gasteiger partial charge in [0, 0.05) is 19.6 Å². The summed E-state index contributed by atoms with van der Waals surface area (Å²) in [5.74, 6) is -0.784. The minimum atomic E-state index is -3.47. The van der Waals surface area contributed by atoms with E-state index in [2.05, 4.69) is 10.6 Å². The predicted molar refractivity (Wildman–Crippen MR) is 112 cm³/mol. The monoisotopic (exact) mass is 441 g/mol. The highest BCUT2D eigenvalue weighted by Gasteiger charge is 2.28. The highest BCUT2D eigenvalue weighted by Crippen LogP contribution is 2.10. The van der Waals surface area contributed by atoms with Gasteiger partial charge in [-0.1, -0.05) is 50.6 Å². The number of carbonyl (C=O) groups excluding carboxylic acids is 2. The van der Waals surface area contributed by atoms with E-state index in [0.717, 1.165) is 5.56 Å². The van der Waals surface area contributed by atoms with Crippen molar-refractivity contribution in [2.45, 2.75) is 32.9 Å². The maximum absolute atomic E-state index is 12.6. The first-order valence-corrected chi connectivity index (χ1v) is 11.7. The molecule has 2 atom stereocenters. The largest absolute Gasteiger partial charge is 0.445 e. The van der Waals surface area contributed by atoms with Crippen LogP contribution < -0.4 is 10.6 Å². The van der Waals surface area contributed by atoms with E-state index in [1.54, 1.807) is 0 Å². The number of nitrogens with zero attached hydrogens (tertiary/aromatic N) is 1. The number of benzene rings is 1. The van der Waals surface area contributed by atoms with E-state index in [-0.39, 0.29) is 24.8 Å². The minimum absolute atomic E-state index is 0.0355. The third-order valence-corrected chi connectivity index (χ3v) is 6.88. The van der Waals surface area contributed by atoms with Gasteiger partial charge in [0.05, 0.1) is 19.0 Å². The smallest absolute Gasteiger partial charge is 0.408 e. The quantitative estimate of drug-likeness (QED) is 0.562. The number of hydrogen-bond acceptors (Lipinski definition) is 6. The molecule has 0 bridgehead atoms. The first kappa shape index (κ1) is 24.1. The number of morpholine rings is 1. The Morgan fingerprint density at radius 3 is 2.50 bits per heavy atom. The highest BCUT2D eigenvalue weighted by atomic mass is 32.2. The zero-order chi connectivity index (χ0) is 22.0. The number of amides is 2. The zero-order valence-electron chi connectivity index (χ0n) is 17.5. The summed E-state index contributed by atoms with van der Waals surface area (Å²) < 4.78 is 36.4. The van der Waals surface area contributed by atoms with E-state index in [1.165, 1.54) is 4.31 Å². The van der Waals surface area contributed by atoms with Crippen LogP contribution in [-0.4, -0.2) is 69.4 Å². The normalized spacial score (nSPS) is 17.0. The zero-order valence-corrected chi connectivity index (χ0v) is 18.3. The van der Waals surface area contributed by atoms with Gasteiger partial charge in [-0.15, -0.1) is 0 Å². The van der Waals surface area contributed by atoms with Gasteiger partial charge in [-0.3, -0.25) is 4.79 Å². The van der Waals surface area contributed by atoms with Crippen LogP contribution in [0.15, 0.2) is 30.3 Å². The number of nitrogens with one attached hydrogen (secondary N) is 2. The third kappa shape index (κ3) is 7.58. The molecule has 1 aliphatic heterocycles. The van der Waals surface area contributed by atoms with Gasteiger partial charge in [0.2, 0.25) is 15.9 Å². The van der Waals surface area contributed by atoms with Crippen molar-refractivity contribution in [2.75, 3.05) is 38.6 Å². The molecule has 1 heterocycles. The molecule has 1 aromatic carbocycles. The molecule has 1 fully saturated rings. The van der Waals surface area contributed by atoms with Crippen molar-refractivity contribution in [2.24, 2.45) is 5.92 Å². The molecule has 9 nitrogen and oxygen atoms in total. The van der Waals surface area contributed by atoms with Crippen LogP contribution in [0.5, 0.6) is 0 Å². The fraction of sp³-hybridized carbons (Fsp3) is 0.600. The molecule has 0 unspecified atom stereocenters.